The zero-order chi connectivity index (χ0) is 25.6. The van der Waals surface area contributed by atoms with E-state index in [-0.39, 0.29) is 24.6 Å². The molecule has 0 aliphatic heterocycles. The van der Waals surface area contributed by atoms with Crippen LogP contribution in [0.15, 0.2) is 48.5 Å². The molecule has 0 aliphatic carbocycles. The van der Waals surface area contributed by atoms with Gasteiger partial charge in [0.1, 0.15) is 6.04 Å². The van der Waals surface area contributed by atoms with Crippen molar-refractivity contribution >= 4 is 23.4 Å². The van der Waals surface area contributed by atoms with Crippen molar-refractivity contribution in [3.63, 3.8) is 0 Å². The highest BCUT2D eigenvalue weighted by Gasteiger charge is 2.25. The summed E-state index contributed by atoms with van der Waals surface area (Å²) in [4.78, 5) is 35.5. The van der Waals surface area contributed by atoms with Gasteiger partial charge in [0.25, 0.3) is 11.8 Å². The van der Waals surface area contributed by atoms with Crippen molar-refractivity contribution in [2.45, 2.75) is 19.1 Å². The van der Waals surface area contributed by atoms with Crippen LogP contribution in [0.2, 0.25) is 0 Å². The van der Waals surface area contributed by atoms with Gasteiger partial charge >= 0.3 is 0 Å². The lowest BCUT2D eigenvalue weighted by Crippen LogP contribution is -2.51. The summed E-state index contributed by atoms with van der Waals surface area (Å²) in [6.45, 7) is 1.72. The Balaban J connectivity index is 1.92. The van der Waals surface area contributed by atoms with Crippen molar-refractivity contribution in [3.05, 3.63) is 65.2 Å². The van der Waals surface area contributed by atoms with Crippen LogP contribution in [0.1, 0.15) is 28.4 Å². The number of hydrogen-bond donors (Lipinski definition) is 7. The highest BCUT2D eigenvalue weighted by molar-refractivity contribution is 5.97. The molecule has 0 fully saturated rings. The Labute approximate surface area is 202 Å². The lowest BCUT2D eigenvalue weighted by Gasteiger charge is -2.19. The van der Waals surface area contributed by atoms with Gasteiger partial charge < -0.3 is 26.2 Å². The second-order valence-corrected chi connectivity index (χ2v) is 7.27. The predicted molar refractivity (Wildman–Crippen MR) is 128 cm³/mol. The molecule has 0 saturated carbocycles. The van der Waals surface area contributed by atoms with Crippen LogP contribution in [0.3, 0.4) is 0 Å². The van der Waals surface area contributed by atoms with Crippen LogP contribution in [-0.2, 0) is 9.59 Å². The minimum atomic E-state index is -1.30. The molecular formula is C25H26N4O6. The highest BCUT2D eigenvalue weighted by atomic mass is 16.5. The minimum absolute atomic E-state index is 0.0371. The number of hydrogen-bond acceptors (Lipinski definition) is 7. The van der Waals surface area contributed by atoms with Crippen LogP contribution in [-0.4, -0.2) is 65.0 Å². The summed E-state index contributed by atoms with van der Waals surface area (Å²) < 4.78 is 0. The molecule has 0 saturated heterocycles. The molecule has 35 heavy (non-hydrogen) atoms. The number of carbonyl (C=O) groups excluding carboxylic acids is 3. The van der Waals surface area contributed by atoms with Crippen molar-refractivity contribution in [2.75, 3.05) is 25.0 Å². The van der Waals surface area contributed by atoms with Crippen LogP contribution < -0.4 is 21.4 Å². The van der Waals surface area contributed by atoms with Gasteiger partial charge in [-0.1, -0.05) is 11.8 Å². The smallest absolute Gasteiger partial charge is 0.268 e. The highest BCUT2D eigenvalue weighted by Crippen LogP contribution is 2.08. The van der Waals surface area contributed by atoms with Gasteiger partial charge in [-0.3, -0.25) is 19.6 Å². The molecule has 2 aromatic carbocycles. The Hall–Kier alpha value is -4.19. The minimum Gasteiger partial charge on any atom is -0.395 e. The summed E-state index contributed by atoms with van der Waals surface area (Å²) in [6.07, 6.45) is -1.20. The topological polar surface area (TPSA) is 160 Å². The van der Waals surface area contributed by atoms with Crippen molar-refractivity contribution < 1.29 is 29.8 Å². The molecule has 0 bridgehead atoms. The van der Waals surface area contributed by atoms with Crippen LogP contribution in [0.5, 0.6) is 0 Å². The Morgan fingerprint density at radius 1 is 0.943 bits per heavy atom. The average Bonchev–Trinajstić information content (AvgIpc) is 2.86. The molecule has 7 N–H and O–H groups in total. The first kappa shape index (κ1) is 27.1. The standard InChI is InChI=1S/C25H26N4O6/c1-17(31)23(25(34)29-35)28-24(33)20-10-6-18(7-11-20)4-2-3-5-19-8-12-21(13-9-19)27-22(32)16-26-14-15-30/h6-13,17,23,26,30-31,35H,14-16H2,1H3,(H,27,32)(H,28,33)(H,29,34)/t17-,23+/m1/s1. The van der Waals surface area contributed by atoms with E-state index in [2.05, 4.69) is 39.6 Å². The van der Waals surface area contributed by atoms with Crippen molar-refractivity contribution in [2.24, 2.45) is 0 Å². The number of amides is 3. The number of benzene rings is 2. The van der Waals surface area contributed by atoms with E-state index >= 15 is 0 Å². The van der Waals surface area contributed by atoms with Gasteiger partial charge in [0, 0.05) is 28.9 Å². The molecule has 3 amide bonds. The molecule has 0 aliphatic rings. The molecule has 0 heterocycles. The lowest BCUT2D eigenvalue weighted by molar-refractivity contribution is -0.133. The van der Waals surface area contributed by atoms with Gasteiger partial charge in [0.15, 0.2) is 0 Å². The fourth-order valence-electron chi connectivity index (χ4n) is 2.73. The Morgan fingerprint density at radius 2 is 1.51 bits per heavy atom. The van der Waals surface area contributed by atoms with Gasteiger partial charge in [-0.2, -0.15) is 0 Å². The number of aliphatic hydroxyl groups excluding tert-OH is 2. The Morgan fingerprint density at radius 3 is 2.03 bits per heavy atom. The maximum absolute atomic E-state index is 12.3. The molecule has 10 nitrogen and oxygen atoms in total. The molecule has 2 rings (SSSR count). The number of rotatable bonds is 9. The third-order valence-electron chi connectivity index (χ3n) is 4.53. The number of anilines is 1. The van der Waals surface area contributed by atoms with Gasteiger partial charge in [0.2, 0.25) is 5.91 Å². The van der Waals surface area contributed by atoms with Crippen LogP contribution in [0.25, 0.3) is 0 Å². The molecule has 0 unspecified atom stereocenters. The molecular weight excluding hydrogens is 452 g/mol. The zero-order valence-corrected chi connectivity index (χ0v) is 19.0. The predicted octanol–water partition coefficient (Wildman–Crippen LogP) is -0.405. The molecule has 2 aromatic rings. The molecule has 0 aromatic heterocycles. The monoisotopic (exact) mass is 478 g/mol. The maximum atomic E-state index is 12.3. The Kier molecular flexibility index (Phi) is 10.9. The van der Waals surface area contributed by atoms with E-state index in [1.807, 2.05) is 0 Å². The van der Waals surface area contributed by atoms with E-state index in [0.29, 0.717) is 23.4 Å². The summed E-state index contributed by atoms with van der Waals surface area (Å²) in [6, 6.07) is 11.9. The zero-order valence-electron chi connectivity index (χ0n) is 19.0. The van der Waals surface area contributed by atoms with E-state index in [1.165, 1.54) is 24.5 Å². The second-order valence-electron chi connectivity index (χ2n) is 7.27. The third kappa shape index (κ3) is 9.29. The average molecular weight is 479 g/mol. The first-order valence-electron chi connectivity index (χ1n) is 10.6. The van der Waals surface area contributed by atoms with Gasteiger partial charge in [-0.05, 0) is 67.3 Å². The normalized spacial score (nSPS) is 11.5. The quantitative estimate of drug-likeness (QED) is 0.112. The van der Waals surface area contributed by atoms with Crippen molar-refractivity contribution in [3.8, 4) is 23.7 Å². The summed E-state index contributed by atoms with van der Waals surface area (Å²) in [5.41, 5.74) is 3.59. The van der Waals surface area contributed by atoms with E-state index < -0.39 is 24.0 Å². The summed E-state index contributed by atoms with van der Waals surface area (Å²) in [5, 5.41) is 34.9. The van der Waals surface area contributed by atoms with E-state index in [1.54, 1.807) is 36.4 Å². The summed E-state index contributed by atoms with van der Waals surface area (Å²) >= 11 is 0. The van der Waals surface area contributed by atoms with Gasteiger partial charge in [-0.25, -0.2) is 5.48 Å². The maximum Gasteiger partial charge on any atom is 0.268 e. The van der Waals surface area contributed by atoms with Crippen LogP contribution >= 0.6 is 0 Å². The van der Waals surface area contributed by atoms with Gasteiger partial charge in [0.05, 0.1) is 19.3 Å². The molecule has 2 atom stereocenters. The molecule has 10 heteroatoms. The van der Waals surface area contributed by atoms with E-state index in [9.17, 15) is 19.5 Å². The fourth-order valence-corrected chi connectivity index (χ4v) is 2.73. The number of nitrogens with one attached hydrogen (secondary N) is 4. The van der Waals surface area contributed by atoms with Gasteiger partial charge in [-0.15, -0.1) is 0 Å². The number of carbonyl (C=O) groups is 3. The molecule has 0 radical (unpaired) electrons. The fraction of sp³-hybridized carbons (Fsp3) is 0.240. The van der Waals surface area contributed by atoms with Crippen molar-refractivity contribution in [1.82, 2.24) is 16.1 Å². The number of aliphatic hydroxyl groups is 2. The summed E-state index contributed by atoms with van der Waals surface area (Å²) in [5.74, 6) is 9.46. The first-order valence-corrected chi connectivity index (χ1v) is 10.6. The second kappa shape index (κ2) is 14.2. The van der Waals surface area contributed by atoms with E-state index in [4.69, 9.17) is 10.3 Å². The Bertz CT molecular complexity index is 1140. The SMILES string of the molecule is C[C@@H](O)[C@H](NC(=O)c1ccc(C#CC#Cc2ccc(NC(=O)CNCCO)cc2)cc1)C(=O)NO. The third-order valence-corrected chi connectivity index (χ3v) is 4.53. The molecule has 0 spiro atoms. The number of hydroxylamine groups is 1. The van der Waals surface area contributed by atoms with Crippen LogP contribution in [0.4, 0.5) is 5.69 Å². The largest absolute Gasteiger partial charge is 0.395 e. The molecule has 182 valence electrons. The van der Waals surface area contributed by atoms with Crippen molar-refractivity contribution in [1.29, 1.82) is 0 Å². The van der Waals surface area contributed by atoms with Crippen LogP contribution in [0, 0.1) is 23.7 Å². The summed E-state index contributed by atoms with van der Waals surface area (Å²) in [7, 11) is 0. The van der Waals surface area contributed by atoms with E-state index in [0.717, 1.165) is 0 Å². The first-order chi connectivity index (χ1) is 16.8. The lowest BCUT2D eigenvalue weighted by atomic mass is 10.1.